The van der Waals surface area contributed by atoms with E-state index in [0.717, 1.165) is 17.1 Å². The van der Waals surface area contributed by atoms with E-state index in [4.69, 9.17) is 9.47 Å². The molecular weight excluding hydrogens is 312 g/mol. The lowest BCUT2D eigenvalue weighted by Gasteiger charge is -2.14. The van der Waals surface area contributed by atoms with Gasteiger partial charge in [0.05, 0.1) is 25.3 Å². The molecule has 0 N–H and O–H groups in total. The van der Waals surface area contributed by atoms with E-state index in [-0.39, 0.29) is 11.1 Å². The van der Waals surface area contributed by atoms with Crippen molar-refractivity contribution in [2.45, 2.75) is 44.4 Å². The number of esters is 2. The molecular formula is C18H26O4S. The summed E-state index contributed by atoms with van der Waals surface area (Å²) in [7, 11) is 2.60. The third-order valence-electron chi connectivity index (χ3n) is 3.83. The number of unbranched alkanes of at least 4 members (excludes halogenated alkanes) is 1. The van der Waals surface area contributed by atoms with Crippen LogP contribution >= 0.6 is 11.8 Å². The first kappa shape index (κ1) is 19.6. The van der Waals surface area contributed by atoms with E-state index in [0.29, 0.717) is 5.92 Å². The van der Waals surface area contributed by atoms with Crippen LogP contribution in [0.4, 0.5) is 0 Å². The smallest absolute Gasteiger partial charge is 0.338 e. The van der Waals surface area contributed by atoms with Crippen LogP contribution in [0.2, 0.25) is 0 Å². The second-order valence-corrected chi connectivity index (χ2v) is 6.51. The third kappa shape index (κ3) is 5.90. The van der Waals surface area contributed by atoms with E-state index >= 15 is 0 Å². The molecule has 0 saturated carbocycles. The third-order valence-corrected chi connectivity index (χ3v) is 5.06. The average molecular weight is 338 g/mol. The maximum absolute atomic E-state index is 11.9. The summed E-state index contributed by atoms with van der Waals surface area (Å²) >= 11 is 1.71. The van der Waals surface area contributed by atoms with E-state index in [1.54, 1.807) is 23.9 Å². The molecule has 0 aliphatic rings. The van der Waals surface area contributed by atoms with Crippen molar-refractivity contribution < 1.29 is 19.1 Å². The van der Waals surface area contributed by atoms with Crippen LogP contribution in [0, 0.1) is 5.92 Å². The van der Waals surface area contributed by atoms with Gasteiger partial charge in [-0.05, 0) is 30.5 Å². The lowest BCUT2D eigenvalue weighted by Crippen LogP contribution is -2.12. The highest BCUT2D eigenvalue weighted by molar-refractivity contribution is 7.99. The molecule has 1 rings (SSSR count). The molecule has 0 aliphatic carbocycles. The molecule has 1 unspecified atom stereocenters. The second kappa shape index (κ2) is 10.3. The highest BCUT2D eigenvalue weighted by Crippen LogP contribution is 2.27. The first-order chi connectivity index (χ1) is 11.1. The molecule has 0 heterocycles. The summed E-state index contributed by atoms with van der Waals surface area (Å²) in [5, 5.41) is 0. The summed E-state index contributed by atoms with van der Waals surface area (Å²) in [6.07, 6.45) is 4.83. The Kier molecular flexibility index (Phi) is 8.77. The first-order valence-electron chi connectivity index (χ1n) is 8.00. The van der Waals surface area contributed by atoms with Gasteiger partial charge >= 0.3 is 11.9 Å². The molecule has 128 valence electrons. The Morgan fingerprint density at radius 3 is 2.30 bits per heavy atom. The molecule has 23 heavy (non-hydrogen) atoms. The Morgan fingerprint density at radius 2 is 1.74 bits per heavy atom. The number of carbonyl (C=O) groups is 2. The summed E-state index contributed by atoms with van der Waals surface area (Å²) in [6.45, 7) is 4.41. The van der Waals surface area contributed by atoms with E-state index in [2.05, 4.69) is 13.8 Å². The molecule has 0 saturated heterocycles. The number of methoxy groups -OCH3 is 2. The highest BCUT2D eigenvalue weighted by Gasteiger charge is 2.19. The van der Waals surface area contributed by atoms with Crippen LogP contribution in [0.5, 0.6) is 0 Å². The van der Waals surface area contributed by atoms with Gasteiger partial charge in [-0.15, -0.1) is 11.8 Å². The predicted octanol–water partition coefficient (Wildman–Crippen LogP) is 4.57. The Morgan fingerprint density at radius 1 is 1.09 bits per heavy atom. The summed E-state index contributed by atoms with van der Waals surface area (Å²) in [5.74, 6) is 0.623. The lowest BCUT2D eigenvalue weighted by atomic mass is 10.0. The van der Waals surface area contributed by atoms with Crippen molar-refractivity contribution in [3.63, 3.8) is 0 Å². The van der Waals surface area contributed by atoms with Crippen LogP contribution in [-0.2, 0) is 9.47 Å². The molecule has 4 nitrogen and oxygen atoms in total. The van der Waals surface area contributed by atoms with Crippen LogP contribution in [0.25, 0.3) is 0 Å². The number of hydrogen-bond donors (Lipinski definition) is 0. The van der Waals surface area contributed by atoms with Gasteiger partial charge in [0, 0.05) is 10.6 Å². The molecule has 0 amide bonds. The molecule has 0 fully saturated rings. The van der Waals surface area contributed by atoms with Gasteiger partial charge in [-0.1, -0.05) is 33.1 Å². The zero-order valence-corrected chi connectivity index (χ0v) is 15.2. The zero-order chi connectivity index (χ0) is 17.2. The molecule has 1 aromatic carbocycles. The summed E-state index contributed by atoms with van der Waals surface area (Å²) < 4.78 is 9.49. The molecule has 0 bridgehead atoms. The summed E-state index contributed by atoms with van der Waals surface area (Å²) in [5.41, 5.74) is 0.493. The van der Waals surface area contributed by atoms with Gasteiger partial charge in [0.2, 0.25) is 0 Å². The first-order valence-corrected chi connectivity index (χ1v) is 8.99. The Balaban J connectivity index is 2.88. The van der Waals surface area contributed by atoms with Gasteiger partial charge < -0.3 is 9.47 Å². The van der Waals surface area contributed by atoms with Crippen LogP contribution in [0.3, 0.4) is 0 Å². The SMILES string of the molecule is CCCCC(CC)CSc1ccc(C(=O)OC)c(C(=O)OC)c1. The van der Waals surface area contributed by atoms with E-state index < -0.39 is 11.9 Å². The largest absolute Gasteiger partial charge is 0.465 e. The minimum Gasteiger partial charge on any atom is -0.465 e. The van der Waals surface area contributed by atoms with Crippen LogP contribution < -0.4 is 0 Å². The summed E-state index contributed by atoms with van der Waals surface area (Å²) in [4.78, 5) is 24.6. The number of benzene rings is 1. The van der Waals surface area contributed by atoms with Crippen molar-refractivity contribution in [2.75, 3.05) is 20.0 Å². The van der Waals surface area contributed by atoms with Crippen molar-refractivity contribution in [3.8, 4) is 0 Å². The zero-order valence-electron chi connectivity index (χ0n) is 14.4. The Hall–Kier alpha value is -1.49. The fourth-order valence-electron chi connectivity index (χ4n) is 2.29. The quantitative estimate of drug-likeness (QED) is 0.488. The minimum absolute atomic E-state index is 0.238. The second-order valence-electron chi connectivity index (χ2n) is 5.42. The number of ether oxygens (including phenoxy) is 2. The molecule has 0 aliphatic heterocycles. The fourth-order valence-corrected chi connectivity index (χ4v) is 3.49. The number of carbonyl (C=O) groups excluding carboxylic acids is 2. The topological polar surface area (TPSA) is 52.6 Å². The number of hydrogen-bond acceptors (Lipinski definition) is 5. The maximum Gasteiger partial charge on any atom is 0.338 e. The fraction of sp³-hybridized carbons (Fsp3) is 0.556. The monoisotopic (exact) mass is 338 g/mol. The van der Waals surface area contributed by atoms with Crippen molar-refractivity contribution in [2.24, 2.45) is 5.92 Å². The van der Waals surface area contributed by atoms with Crippen molar-refractivity contribution in [1.82, 2.24) is 0 Å². The highest BCUT2D eigenvalue weighted by atomic mass is 32.2. The Bertz CT molecular complexity index is 528. The van der Waals surface area contributed by atoms with Crippen LogP contribution in [0.15, 0.2) is 23.1 Å². The van der Waals surface area contributed by atoms with Crippen LogP contribution in [-0.4, -0.2) is 31.9 Å². The van der Waals surface area contributed by atoms with Gasteiger partial charge in [0.1, 0.15) is 0 Å². The lowest BCUT2D eigenvalue weighted by molar-refractivity contribution is 0.0555. The maximum atomic E-state index is 11.9. The molecule has 1 atom stereocenters. The predicted molar refractivity (Wildman–Crippen MR) is 93.2 cm³/mol. The number of thioether (sulfide) groups is 1. The number of rotatable bonds is 9. The Labute approximate surface area is 142 Å². The normalized spacial score (nSPS) is 11.8. The van der Waals surface area contributed by atoms with E-state index in [1.165, 1.54) is 33.5 Å². The molecule has 0 aromatic heterocycles. The van der Waals surface area contributed by atoms with Gasteiger partial charge in [-0.3, -0.25) is 0 Å². The van der Waals surface area contributed by atoms with Gasteiger partial charge in [0.15, 0.2) is 0 Å². The van der Waals surface area contributed by atoms with Crippen LogP contribution in [0.1, 0.15) is 60.2 Å². The van der Waals surface area contributed by atoms with Crippen molar-refractivity contribution in [1.29, 1.82) is 0 Å². The van der Waals surface area contributed by atoms with E-state index in [1.807, 2.05) is 6.07 Å². The van der Waals surface area contributed by atoms with E-state index in [9.17, 15) is 9.59 Å². The van der Waals surface area contributed by atoms with Gasteiger partial charge in [0.25, 0.3) is 0 Å². The van der Waals surface area contributed by atoms with Crippen molar-refractivity contribution >= 4 is 23.7 Å². The van der Waals surface area contributed by atoms with Gasteiger partial charge in [-0.25, -0.2) is 9.59 Å². The standard InChI is InChI=1S/C18H26O4S/c1-5-7-8-13(6-2)12-23-14-9-10-15(17(19)21-3)16(11-14)18(20)22-4/h9-11,13H,5-8,12H2,1-4H3. The molecule has 0 spiro atoms. The van der Waals surface area contributed by atoms with Gasteiger partial charge in [-0.2, -0.15) is 0 Å². The molecule has 0 radical (unpaired) electrons. The molecule has 1 aromatic rings. The summed E-state index contributed by atoms with van der Waals surface area (Å²) in [6, 6.07) is 5.21. The van der Waals surface area contributed by atoms with Crippen molar-refractivity contribution in [3.05, 3.63) is 29.3 Å². The minimum atomic E-state index is -0.531. The average Bonchev–Trinajstić information content (AvgIpc) is 2.60. The molecule has 5 heteroatoms.